The van der Waals surface area contributed by atoms with Crippen LogP contribution in [-0.2, 0) is 10.4 Å². The molecular weight excluding hydrogens is 354 g/mol. The van der Waals surface area contributed by atoms with Crippen LogP contribution in [0.2, 0.25) is 0 Å². The molecule has 0 fully saturated rings. The van der Waals surface area contributed by atoms with Gasteiger partial charge in [0.2, 0.25) is 12.4 Å². The number of ether oxygens (including phenoxy) is 2. The van der Waals surface area contributed by atoms with Gasteiger partial charge in [0, 0.05) is 17.2 Å². The molecule has 0 bridgehead atoms. The average molecular weight is 364 g/mol. The molecule has 0 saturated heterocycles. The number of amides is 1. The summed E-state index contributed by atoms with van der Waals surface area (Å²) in [5, 5.41) is 21.3. The molecule has 0 saturated carbocycles. The summed E-state index contributed by atoms with van der Waals surface area (Å²) in [5.74, 6) is -0.0978. The van der Waals surface area contributed by atoms with E-state index in [0.29, 0.717) is 22.7 Å². The van der Waals surface area contributed by atoms with Gasteiger partial charge in [-0.25, -0.2) is 3.93 Å². The fourth-order valence-electron chi connectivity index (χ4n) is 2.80. The molecule has 0 spiro atoms. The van der Waals surface area contributed by atoms with Crippen LogP contribution in [0.25, 0.3) is 0 Å². The van der Waals surface area contributed by atoms with Gasteiger partial charge in [-0.3, -0.25) is 4.79 Å². The molecule has 1 unspecified atom stereocenters. The standard InChI is InChI=1S/C15H10BrNO5/c16-17-10-4-2-1-3-8(10)15(20,14(17)19)9-5-12-13(6-11(9)18)22-7-21-12/h1-6,18,20H,7H2. The van der Waals surface area contributed by atoms with E-state index in [1.807, 2.05) is 0 Å². The smallest absolute Gasteiger partial charge is 0.278 e. The molecule has 2 aromatic rings. The van der Waals surface area contributed by atoms with Gasteiger partial charge in [0.1, 0.15) is 5.75 Å². The van der Waals surface area contributed by atoms with Crippen molar-refractivity contribution in [3.8, 4) is 17.2 Å². The number of nitrogens with zero attached hydrogens (tertiary/aromatic N) is 1. The van der Waals surface area contributed by atoms with E-state index in [0.717, 1.165) is 0 Å². The van der Waals surface area contributed by atoms with Crippen molar-refractivity contribution in [1.82, 2.24) is 0 Å². The Bertz CT molecular complexity index is 809. The Balaban J connectivity index is 1.98. The van der Waals surface area contributed by atoms with Crippen molar-refractivity contribution in [3.05, 3.63) is 47.5 Å². The molecule has 2 aliphatic heterocycles. The van der Waals surface area contributed by atoms with Crippen LogP contribution in [0.15, 0.2) is 36.4 Å². The molecule has 0 radical (unpaired) electrons. The minimum atomic E-state index is -1.99. The Morgan fingerprint density at radius 1 is 1.14 bits per heavy atom. The van der Waals surface area contributed by atoms with E-state index in [2.05, 4.69) is 16.1 Å². The largest absolute Gasteiger partial charge is 0.507 e. The maximum Gasteiger partial charge on any atom is 0.278 e. The number of phenolic OH excluding ortho intramolecular Hbond substituents is 1. The van der Waals surface area contributed by atoms with Gasteiger partial charge in [0.15, 0.2) is 11.5 Å². The Labute approximate surface area is 133 Å². The summed E-state index contributed by atoms with van der Waals surface area (Å²) in [6.07, 6.45) is 0. The molecule has 1 atom stereocenters. The fourth-order valence-corrected chi connectivity index (χ4v) is 3.36. The lowest BCUT2D eigenvalue weighted by Crippen LogP contribution is -2.37. The first-order valence-electron chi connectivity index (χ1n) is 6.49. The van der Waals surface area contributed by atoms with Crippen molar-refractivity contribution in [1.29, 1.82) is 0 Å². The van der Waals surface area contributed by atoms with E-state index < -0.39 is 11.5 Å². The van der Waals surface area contributed by atoms with Gasteiger partial charge in [-0.2, -0.15) is 0 Å². The number of phenols is 1. The normalized spacial score (nSPS) is 22.1. The van der Waals surface area contributed by atoms with Gasteiger partial charge in [-0.15, -0.1) is 0 Å². The van der Waals surface area contributed by atoms with Crippen molar-refractivity contribution < 1.29 is 24.5 Å². The first kappa shape index (κ1) is 13.4. The third-order valence-electron chi connectivity index (χ3n) is 3.87. The number of carbonyl (C=O) groups is 1. The SMILES string of the molecule is O=C1N(Br)c2ccccc2C1(O)c1cc2c(cc1O)OCO2. The molecule has 6 nitrogen and oxygen atoms in total. The first-order chi connectivity index (χ1) is 10.5. The molecule has 112 valence electrons. The molecule has 0 aromatic heterocycles. The molecule has 2 N–H and O–H groups in total. The summed E-state index contributed by atoms with van der Waals surface area (Å²) in [4.78, 5) is 12.6. The highest BCUT2D eigenvalue weighted by atomic mass is 79.9. The van der Waals surface area contributed by atoms with Crippen LogP contribution in [0.4, 0.5) is 5.69 Å². The van der Waals surface area contributed by atoms with Crippen LogP contribution >= 0.6 is 16.1 Å². The highest BCUT2D eigenvalue weighted by Gasteiger charge is 2.52. The Kier molecular flexibility index (Phi) is 2.67. The lowest BCUT2D eigenvalue weighted by molar-refractivity contribution is -0.130. The van der Waals surface area contributed by atoms with Crippen LogP contribution < -0.4 is 13.4 Å². The summed E-state index contributed by atoms with van der Waals surface area (Å²) in [5.41, 5.74) is -1.04. The van der Waals surface area contributed by atoms with Crippen molar-refractivity contribution >= 4 is 27.7 Å². The van der Waals surface area contributed by atoms with E-state index in [1.165, 1.54) is 16.1 Å². The second-order valence-electron chi connectivity index (χ2n) is 5.04. The monoisotopic (exact) mass is 363 g/mol. The van der Waals surface area contributed by atoms with Gasteiger partial charge in [0.05, 0.1) is 21.8 Å². The number of hydrogen-bond acceptors (Lipinski definition) is 5. The van der Waals surface area contributed by atoms with E-state index in [-0.39, 0.29) is 18.1 Å². The third-order valence-corrected chi connectivity index (χ3v) is 4.58. The molecule has 0 aliphatic carbocycles. The number of halogens is 1. The van der Waals surface area contributed by atoms with Crippen LogP contribution in [0.1, 0.15) is 11.1 Å². The van der Waals surface area contributed by atoms with Crippen molar-refractivity contribution in [3.63, 3.8) is 0 Å². The van der Waals surface area contributed by atoms with Gasteiger partial charge >= 0.3 is 0 Å². The van der Waals surface area contributed by atoms with Crippen LogP contribution in [-0.4, -0.2) is 22.9 Å². The van der Waals surface area contributed by atoms with Gasteiger partial charge in [0.25, 0.3) is 5.91 Å². The fraction of sp³-hybridized carbons (Fsp3) is 0.133. The number of benzene rings is 2. The van der Waals surface area contributed by atoms with Gasteiger partial charge in [-0.05, 0) is 12.1 Å². The first-order valence-corrected chi connectivity index (χ1v) is 7.19. The highest BCUT2D eigenvalue weighted by Crippen LogP contribution is 2.50. The predicted molar refractivity (Wildman–Crippen MR) is 80.1 cm³/mol. The van der Waals surface area contributed by atoms with Crippen LogP contribution in [0.5, 0.6) is 17.2 Å². The Morgan fingerprint density at radius 2 is 1.82 bits per heavy atom. The Morgan fingerprint density at radius 3 is 2.59 bits per heavy atom. The summed E-state index contributed by atoms with van der Waals surface area (Å²) in [6.45, 7) is 0.0335. The van der Waals surface area contributed by atoms with Crippen molar-refractivity contribution in [2.75, 3.05) is 10.7 Å². The second kappa shape index (κ2) is 4.37. The highest BCUT2D eigenvalue weighted by molar-refractivity contribution is 9.10. The topological polar surface area (TPSA) is 79.2 Å². The number of hydrogen-bond donors (Lipinski definition) is 2. The number of anilines is 1. The lowest BCUT2D eigenvalue weighted by Gasteiger charge is -2.23. The average Bonchev–Trinajstić information content (AvgIpc) is 3.05. The molecule has 7 heteroatoms. The Hall–Kier alpha value is -2.25. The van der Waals surface area contributed by atoms with E-state index >= 15 is 0 Å². The van der Waals surface area contributed by atoms with Crippen molar-refractivity contribution in [2.24, 2.45) is 0 Å². The number of aromatic hydroxyl groups is 1. The maximum absolute atomic E-state index is 12.6. The predicted octanol–water partition coefficient (Wildman–Crippen LogP) is 2.01. The van der Waals surface area contributed by atoms with E-state index in [4.69, 9.17) is 9.47 Å². The number of carbonyl (C=O) groups excluding carboxylic acids is 1. The molecule has 2 heterocycles. The third kappa shape index (κ3) is 1.55. The van der Waals surface area contributed by atoms with Crippen LogP contribution in [0.3, 0.4) is 0 Å². The summed E-state index contributed by atoms with van der Waals surface area (Å²) >= 11 is 3.15. The summed E-state index contributed by atoms with van der Waals surface area (Å²) < 4.78 is 11.6. The molecule has 2 aliphatic rings. The second-order valence-corrected chi connectivity index (χ2v) is 5.75. The minimum Gasteiger partial charge on any atom is -0.507 e. The molecule has 2 aromatic carbocycles. The number of fused-ring (bicyclic) bond motifs is 2. The van der Waals surface area contributed by atoms with Crippen LogP contribution in [0, 0.1) is 0 Å². The van der Waals surface area contributed by atoms with Gasteiger partial charge < -0.3 is 19.7 Å². The summed E-state index contributed by atoms with van der Waals surface area (Å²) in [7, 11) is 0. The molecular formula is C15H10BrNO5. The van der Waals surface area contributed by atoms with E-state index in [9.17, 15) is 15.0 Å². The molecule has 4 rings (SSSR count). The zero-order valence-electron chi connectivity index (χ0n) is 11.1. The lowest BCUT2D eigenvalue weighted by atomic mass is 9.86. The minimum absolute atomic E-state index is 0.0335. The van der Waals surface area contributed by atoms with Gasteiger partial charge in [-0.1, -0.05) is 18.2 Å². The quantitative estimate of drug-likeness (QED) is 0.757. The van der Waals surface area contributed by atoms with Crippen molar-refractivity contribution in [2.45, 2.75) is 5.60 Å². The number of aliphatic hydroxyl groups is 1. The van der Waals surface area contributed by atoms with E-state index in [1.54, 1.807) is 24.3 Å². The molecule has 1 amide bonds. The summed E-state index contributed by atoms with van der Waals surface area (Å²) in [6, 6.07) is 9.57. The number of rotatable bonds is 1. The zero-order chi connectivity index (χ0) is 15.5. The maximum atomic E-state index is 12.6. The molecule has 22 heavy (non-hydrogen) atoms. The zero-order valence-corrected chi connectivity index (χ0v) is 12.7. The number of para-hydroxylation sites is 1.